The van der Waals surface area contributed by atoms with Crippen molar-refractivity contribution in [1.29, 1.82) is 5.26 Å². The smallest absolute Gasteiger partial charge is 0.316 e. The number of rotatable bonds is 8. The van der Waals surface area contributed by atoms with E-state index in [9.17, 15) is 4.79 Å². The standard InChI is InChI=1S/C34H30N6O3/c1-42-34-37-21-27(22-38-34)30-5-3-2-4-26(30)23-40(29-12-10-28(11-13-29)39-18-16-36-17-19-39)33(41)32-15-14-31(43-32)25-8-6-24(20-35)7-9-25/h2-15,21-22,36H,16-19,23H2,1H3. The first-order chi connectivity index (χ1) is 21.1. The van der Waals surface area contributed by atoms with Crippen LogP contribution in [-0.4, -0.2) is 49.2 Å². The Labute approximate surface area is 250 Å². The average Bonchev–Trinajstić information content (AvgIpc) is 3.58. The predicted molar refractivity (Wildman–Crippen MR) is 165 cm³/mol. The zero-order valence-corrected chi connectivity index (χ0v) is 23.7. The molecule has 1 amide bonds. The predicted octanol–water partition coefficient (Wildman–Crippen LogP) is 5.54. The van der Waals surface area contributed by atoms with Crippen molar-refractivity contribution in [1.82, 2.24) is 15.3 Å². The first-order valence-corrected chi connectivity index (χ1v) is 14.1. The van der Waals surface area contributed by atoms with E-state index in [0.29, 0.717) is 23.9 Å². The highest BCUT2D eigenvalue weighted by Gasteiger charge is 2.24. The summed E-state index contributed by atoms with van der Waals surface area (Å²) < 4.78 is 11.2. The highest BCUT2D eigenvalue weighted by atomic mass is 16.5. The van der Waals surface area contributed by atoms with Crippen molar-refractivity contribution in [3.63, 3.8) is 0 Å². The number of carbonyl (C=O) groups excluding carboxylic acids is 1. The summed E-state index contributed by atoms with van der Waals surface area (Å²) in [5, 5.41) is 12.5. The molecule has 0 atom stereocenters. The summed E-state index contributed by atoms with van der Waals surface area (Å²) in [6, 6.07) is 29.0. The fourth-order valence-corrected chi connectivity index (χ4v) is 5.17. The summed E-state index contributed by atoms with van der Waals surface area (Å²) in [5.74, 6) is 0.504. The quantitative estimate of drug-likeness (QED) is 0.259. The molecule has 2 aromatic heterocycles. The van der Waals surface area contributed by atoms with E-state index in [-0.39, 0.29) is 11.7 Å². The van der Waals surface area contributed by atoms with Crippen LogP contribution in [0.2, 0.25) is 0 Å². The molecule has 0 bridgehead atoms. The Hall–Kier alpha value is -5.46. The molecular formula is C34H30N6O3. The number of piperazine rings is 1. The van der Waals surface area contributed by atoms with Gasteiger partial charge in [0.15, 0.2) is 5.76 Å². The minimum Gasteiger partial charge on any atom is -0.467 e. The highest BCUT2D eigenvalue weighted by Crippen LogP contribution is 2.30. The van der Waals surface area contributed by atoms with Gasteiger partial charge in [-0.1, -0.05) is 24.3 Å². The number of hydrogen-bond donors (Lipinski definition) is 1. The minimum atomic E-state index is -0.268. The first kappa shape index (κ1) is 27.7. The molecule has 1 aliphatic heterocycles. The Balaban J connectivity index is 1.34. The van der Waals surface area contributed by atoms with Crippen molar-refractivity contribution in [3.05, 3.63) is 114 Å². The summed E-state index contributed by atoms with van der Waals surface area (Å²) in [7, 11) is 1.53. The molecule has 43 heavy (non-hydrogen) atoms. The van der Waals surface area contributed by atoms with Gasteiger partial charge in [0.05, 0.1) is 25.3 Å². The third-order valence-electron chi connectivity index (χ3n) is 7.47. The van der Waals surface area contributed by atoms with Crippen LogP contribution in [0.15, 0.2) is 102 Å². The number of nitriles is 1. The molecule has 5 aromatic rings. The second-order valence-electron chi connectivity index (χ2n) is 10.1. The first-order valence-electron chi connectivity index (χ1n) is 14.1. The van der Waals surface area contributed by atoms with E-state index in [1.807, 2.05) is 48.5 Å². The molecule has 1 saturated heterocycles. The van der Waals surface area contributed by atoms with E-state index in [1.54, 1.807) is 41.6 Å². The number of ether oxygens (including phenoxy) is 1. The molecule has 0 spiro atoms. The molecule has 3 aromatic carbocycles. The fourth-order valence-electron chi connectivity index (χ4n) is 5.17. The third-order valence-corrected chi connectivity index (χ3v) is 7.47. The molecule has 0 radical (unpaired) electrons. The topological polar surface area (TPSA) is 108 Å². The second-order valence-corrected chi connectivity index (χ2v) is 10.1. The maximum atomic E-state index is 14.1. The van der Waals surface area contributed by atoms with Crippen LogP contribution in [0.5, 0.6) is 6.01 Å². The summed E-state index contributed by atoms with van der Waals surface area (Å²) in [6.07, 6.45) is 3.44. The lowest BCUT2D eigenvalue weighted by molar-refractivity contribution is 0.0959. The Morgan fingerprint density at radius 1 is 0.953 bits per heavy atom. The number of hydrogen-bond acceptors (Lipinski definition) is 8. The number of nitrogens with one attached hydrogen (secondary N) is 1. The summed E-state index contributed by atoms with van der Waals surface area (Å²) in [4.78, 5) is 26.8. The van der Waals surface area contributed by atoms with E-state index in [1.165, 1.54) is 7.11 Å². The molecule has 3 heterocycles. The van der Waals surface area contributed by atoms with Gasteiger partial charge in [-0.05, 0) is 71.8 Å². The van der Waals surface area contributed by atoms with Crippen molar-refractivity contribution < 1.29 is 13.9 Å². The molecule has 214 valence electrons. The number of methoxy groups -OCH3 is 1. The number of furan rings is 1. The van der Waals surface area contributed by atoms with Gasteiger partial charge in [-0.25, -0.2) is 9.97 Å². The van der Waals surface area contributed by atoms with Gasteiger partial charge in [-0.2, -0.15) is 5.26 Å². The molecule has 9 heteroatoms. The van der Waals surface area contributed by atoms with Crippen LogP contribution in [-0.2, 0) is 6.54 Å². The third kappa shape index (κ3) is 6.10. The van der Waals surface area contributed by atoms with Crippen molar-refractivity contribution in [2.24, 2.45) is 0 Å². The molecule has 6 rings (SSSR count). The number of benzene rings is 3. The van der Waals surface area contributed by atoms with Crippen molar-refractivity contribution in [2.75, 3.05) is 43.1 Å². The zero-order chi connectivity index (χ0) is 29.6. The lowest BCUT2D eigenvalue weighted by atomic mass is 10.0. The van der Waals surface area contributed by atoms with Crippen LogP contribution in [0.1, 0.15) is 21.7 Å². The van der Waals surface area contributed by atoms with E-state index < -0.39 is 0 Å². The van der Waals surface area contributed by atoms with Gasteiger partial charge in [-0.15, -0.1) is 0 Å². The van der Waals surface area contributed by atoms with Gasteiger partial charge in [0.25, 0.3) is 5.91 Å². The van der Waals surface area contributed by atoms with Crippen LogP contribution in [0.3, 0.4) is 0 Å². The lowest BCUT2D eigenvalue weighted by Gasteiger charge is -2.30. The molecule has 1 aliphatic rings. The van der Waals surface area contributed by atoms with Gasteiger partial charge in [-0.3, -0.25) is 4.79 Å². The van der Waals surface area contributed by atoms with E-state index in [2.05, 4.69) is 38.4 Å². The largest absolute Gasteiger partial charge is 0.467 e. The average molecular weight is 571 g/mol. The summed E-state index contributed by atoms with van der Waals surface area (Å²) in [5.41, 5.74) is 5.88. The van der Waals surface area contributed by atoms with Crippen LogP contribution >= 0.6 is 0 Å². The van der Waals surface area contributed by atoms with Gasteiger partial charge in [0, 0.05) is 61.1 Å². The number of aromatic nitrogens is 2. The zero-order valence-electron chi connectivity index (χ0n) is 23.7. The monoisotopic (exact) mass is 570 g/mol. The van der Waals surface area contributed by atoms with Gasteiger partial charge in [0.2, 0.25) is 0 Å². The van der Waals surface area contributed by atoms with Crippen molar-refractivity contribution >= 4 is 17.3 Å². The normalized spacial score (nSPS) is 12.9. The van der Waals surface area contributed by atoms with Crippen LogP contribution < -0.4 is 19.9 Å². The number of anilines is 2. The van der Waals surface area contributed by atoms with E-state index in [4.69, 9.17) is 14.4 Å². The highest BCUT2D eigenvalue weighted by molar-refractivity contribution is 6.04. The molecular weight excluding hydrogens is 540 g/mol. The summed E-state index contributed by atoms with van der Waals surface area (Å²) >= 11 is 0. The van der Waals surface area contributed by atoms with Gasteiger partial charge in [0.1, 0.15) is 5.76 Å². The van der Waals surface area contributed by atoms with Crippen LogP contribution in [0, 0.1) is 11.3 Å². The molecule has 1 fully saturated rings. The number of nitrogens with zero attached hydrogens (tertiary/aromatic N) is 5. The molecule has 1 N–H and O–H groups in total. The Morgan fingerprint density at radius 3 is 2.37 bits per heavy atom. The van der Waals surface area contributed by atoms with Gasteiger partial charge >= 0.3 is 6.01 Å². The van der Waals surface area contributed by atoms with Crippen molar-refractivity contribution in [2.45, 2.75) is 6.54 Å². The fraction of sp³-hybridized carbons (Fsp3) is 0.176. The Morgan fingerprint density at radius 2 is 1.67 bits per heavy atom. The Kier molecular flexibility index (Phi) is 8.11. The van der Waals surface area contributed by atoms with Crippen molar-refractivity contribution in [3.8, 4) is 34.5 Å². The number of carbonyl (C=O) groups is 1. The molecule has 0 saturated carbocycles. The van der Waals surface area contributed by atoms with E-state index >= 15 is 0 Å². The number of amides is 1. The summed E-state index contributed by atoms with van der Waals surface area (Å²) in [6.45, 7) is 4.05. The van der Waals surface area contributed by atoms with Gasteiger partial charge < -0.3 is 24.3 Å². The minimum absolute atomic E-state index is 0.218. The maximum absolute atomic E-state index is 14.1. The Bertz CT molecular complexity index is 1740. The molecule has 0 aliphatic carbocycles. The lowest BCUT2D eigenvalue weighted by Crippen LogP contribution is -2.43. The SMILES string of the molecule is COc1ncc(-c2ccccc2CN(C(=O)c2ccc(-c3ccc(C#N)cc3)o2)c2ccc(N3CCNCC3)cc2)cn1. The molecule has 9 nitrogen and oxygen atoms in total. The maximum Gasteiger partial charge on any atom is 0.316 e. The second kappa shape index (κ2) is 12.6. The molecule has 0 unspecified atom stereocenters. The van der Waals surface area contributed by atoms with E-state index in [0.717, 1.165) is 59.8 Å². The van der Waals surface area contributed by atoms with Crippen LogP contribution in [0.25, 0.3) is 22.5 Å². The van der Waals surface area contributed by atoms with Crippen LogP contribution in [0.4, 0.5) is 11.4 Å².